The number of ether oxygens (including phenoxy) is 1. The van der Waals surface area contributed by atoms with Crippen molar-refractivity contribution in [1.82, 2.24) is 10.2 Å². The van der Waals surface area contributed by atoms with Crippen LogP contribution in [0.1, 0.15) is 22.7 Å². The molecular weight excluding hydrogens is 365 g/mol. The van der Waals surface area contributed by atoms with E-state index in [1.54, 1.807) is 7.11 Å². The number of rotatable bonds is 4. The highest BCUT2D eigenvalue weighted by molar-refractivity contribution is 6.31. The summed E-state index contributed by atoms with van der Waals surface area (Å²) in [6.45, 7) is 3.01. The summed E-state index contributed by atoms with van der Waals surface area (Å²) in [6, 6.07) is 10.5. The van der Waals surface area contributed by atoms with Crippen molar-refractivity contribution in [3.63, 3.8) is 0 Å². The molecule has 1 unspecified atom stereocenters. The normalized spacial score (nSPS) is 17.1. The second-order valence-electron chi connectivity index (χ2n) is 6.20. The van der Waals surface area contributed by atoms with Crippen molar-refractivity contribution < 1.29 is 17.9 Å². The van der Waals surface area contributed by atoms with E-state index in [4.69, 9.17) is 16.3 Å². The zero-order valence-corrected chi connectivity index (χ0v) is 15.1. The Labute approximate surface area is 155 Å². The first-order valence-corrected chi connectivity index (χ1v) is 8.73. The van der Waals surface area contributed by atoms with E-state index in [1.807, 2.05) is 24.3 Å². The molecule has 1 saturated heterocycles. The molecule has 3 nitrogen and oxygen atoms in total. The largest absolute Gasteiger partial charge is 0.497 e. The molecule has 0 aliphatic carbocycles. The van der Waals surface area contributed by atoms with Crippen LogP contribution >= 0.6 is 11.6 Å². The maximum atomic E-state index is 13.2. The van der Waals surface area contributed by atoms with Crippen LogP contribution in [0.25, 0.3) is 0 Å². The van der Waals surface area contributed by atoms with Crippen LogP contribution in [-0.4, -0.2) is 38.2 Å². The number of hydrogen-bond acceptors (Lipinski definition) is 3. The van der Waals surface area contributed by atoms with Gasteiger partial charge >= 0.3 is 6.18 Å². The van der Waals surface area contributed by atoms with E-state index >= 15 is 0 Å². The zero-order valence-electron chi connectivity index (χ0n) is 14.3. The van der Waals surface area contributed by atoms with Gasteiger partial charge < -0.3 is 10.1 Å². The van der Waals surface area contributed by atoms with Gasteiger partial charge in [0.1, 0.15) is 5.75 Å². The first-order valence-electron chi connectivity index (χ1n) is 8.35. The summed E-state index contributed by atoms with van der Waals surface area (Å²) in [5, 5.41) is 3.60. The molecule has 0 aromatic heterocycles. The predicted molar refractivity (Wildman–Crippen MR) is 95.7 cm³/mol. The Morgan fingerprint density at radius 2 is 1.73 bits per heavy atom. The topological polar surface area (TPSA) is 24.5 Å². The van der Waals surface area contributed by atoms with Crippen molar-refractivity contribution in [1.29, 1.82) is 0 Å². The maximum Gasteiger partial charge on any atom is 0.416 e. The van der Waals surface area contributed by atoms with Crippen LogP contribution in [0.4, 0.5) is 13.2 Å². The molecule has 1 aliphatic heterocycles. The average molecular weight is 385 g/mol. The monoisotopic (exact) mass is 384 g/mol. The van der Waals surface area contributed by atoms with Gasteiger partial charge in [-0.3, -0.25) is 4.90 Å². The van der Waals surface area contributed by atoms with Gasteiger partial charge in [-0.05, 0) is 41.5 Å². The number of halogens is 4. The van der Waals surface area contributed by atoms with Crippen LogP contribution in [0.5, 0.6) is 5.75 Å². The van der Waals surface area contributed by atoms with E-state index in [9.17, 15) is 13.2 Å². The Morgan fingerprint density at radius 3 is 2.31 bits per heavy atom. The van der Waals surface area contributed by atoms with Gasteiger partial charge in [0.25, 0.3) is 0 Å². The standard InChI is InChI=1S/C19H20ClF3N2O/c1-26-15-5-2-13(3-6-15)18(25-10-8-24-9-11-25)16-12-14(19(21,22)23)4-7-17(16)20/h2-7,12,18,24H,8-11H2,1H3. The number of nitrogens with one attached hydrogen (secondary N) is 1. The number of hydrogen-bond donors (Lipinski definition) is 1. The van der Waals surface area contributed by atoms with E-state index < -0.39 is 11.7 Å². The Kier molecular flexibility index (Phi) is 5.75. The Bertz CT molecular complexity index is 743. The molecule has 2 aromatic rings. The quantitative estimate of drug-likeness (QED) is 0.847. The van der Waals surface area contributed by atoms with Gasteiger partial charge in [0, 0.05) is 31.2 Å². The third-order valence-electron chi connectivity index (χ3n) is 4.57. The van der Waals surface area contributed by atoms with E-state index in [0.29, 0.717) is 16.3 Å². The van der Waals surface area contributed by atoms with Crippen LogP contribution in [0.15, 0.2) is 42.5 Å². The van der Waals surface area contributed by atoms with Crippen molar-refractivity contribution in [3.8, 4) is 5.75 Å². The molecule has 1 atom stereocenters. The molecule has 26 heavy (non-hydrogen) atoms. The summed E-state index contributed by atoms with van der Waals surface area (Å²) >= 11 is 6.33. The van der Waals surface area contributed by atoms with E-state index in [2.05, 4.69) is 10.2 Å². The number of nitrogens with zero attached hydrogens (tertiary/aromatic N) is 1. The first kappa shape index (κ1) is 19.0. The molecular formula is C19H20ClF3N2O. The molecule has 140 valence electrons. The third-order valence-corrected chi connectivity index (χ3v) is 4.91. The van der Waals surface area contributed by atoms with Crippen molar-refractivity contribution >= 4 is 11.6 Å². The highest BCUT2D eigenvalue weighted by Gasteiger charge is 2.33. The van der Waals surface area contributed by atoms with Crippen LogP contribution in [0.2, 0.25) is 5.02 Å². The van der Waals surface area contributed by atoms with Gasteiger partial charge in [0.05, 0.1) is 18.7 Å². The van der Waals surface area contributed by atoms with Crippen LogP contribution in [-0.2, 0) is 6.18 Å². The Morgan fingerprint density at radius 1 is 1.08 bits per heavy atom. The molecule has 7 heteroatoms. The van der Waals surface area contributed by atoms with Gasteiger partial charge in [-0.15, -0.1) is 0 Å². The highest BCUT2D eigenvalue weighted by atomic mass is 35.5. The lowest BCUT2D eigenvalue weighted by Gasteiger charge is -2.36. The average Bonchev–Trinajstić information content (AvgIpc) is 2.64. The summed E-state index contributed by atoms with van der Waals surface area (Å²) < 4.78 is 44.9. The molecule has 0 radical (unpaired) electrons. The molecule has 0 amide bonds. The van der Waals surface area contributed by atoms with Crippen LogP contribution < -0.4 is 10.1 Å². The van der Waals surface area contributed by atoms with Gasteiger partial charge in [0.2, 0.25) is 0 Å². The minimum Gasteiger partial charge on any atom is -0.497 e. The number of alkyl halides is 3. The lowest BCUT2D eigenvalue weighted by atomic mass is 9.94. The SMILES string of the molecule is COc1ccc(C(c2cc(C(F)(F)F)ccc2Cl)N2CCNCC2)cc1. The number of piperazine rings is 1. The fraction of sp³-hybridized carbons (Fsp3) is 0.368. The summed E-state index contributed by atoms with van der Waals surface area (Å²) in [4.78, 5) is 2.15. The fourth-order valence-electron chi connectivity index (χ4n) is 3.24. The second kappa shape index (κ2) is 7.86. The molecule has 3 rings (SSSR count). The highest BCUT2D eigenvalue weighted by Crippen LogP contribution is 2.38. The van der Waals surface area contributed by atoms with Gasteiger partial charge in [-0.1, -0.05) is 23.7 Å². The lowest BCUT2D eigenvalue weighted by molar-refractivity contribution is -0.137. The van der Waals surface area contributed by atoms with Crippen molar-refractivity contribution in [2.24, 2.45) is 0 Å². The lowest BCUT2D eigenvalue weighted by Crippen LogP contribution is -2.45. The number of benzene rings is 2. The van der Waals surface area contributed by atoms with Gasteiger partial charge in [0.15, 0.2) is 0 Å². The molecule has 1 fully saturated rings. The Hall–Kier alpha value is -1.76. The van der Waals surface area contributed by atoms with Crippen molar-refractivity contribution in [2.75, 3.05) is 33.3 Å². The minimum atomic E-state index is -4.41. The first-order chi connectivity index (χ1) is 12.4. The number of methoxy groups -OCH3 is 1. The van der Waals surface area contributed by atoms with Gasteiger partial charge in [-0.2, -0.15) is 13.2 Å². The molecule has 0 saturated carbocycles. The molecule has 1 N–H and O–H groups in total. The van der Waals surface area contributed by atoms with Gasteiger partial charge in [-0.25, -0.2) is 0 Å². The summed E-state index contributed by atoms with van der Waals surface area (Å²) in [6.07, 6.45) is -4.41. The van der Waals surface area contributed by atoms with Crippen LogP contribution in [0.3, 0.4) is 0 Å². The molecule has 1 heterocycles. The third kappa shape index (κ3) is 4.14. The summed E-state index contributed by atoms with van der Waals surface area (Å²) in [5.74, 6) is 0.697. The summed E-state index contributed by atoms with van der Waals surface area (Å²) in [7, 11) is 1.58. The van der Waals surface area contributed by atoms with E-state index in [-0.39, 0.29) is 6.04 Å². The van der Waals surface area contributed by atoms with Crippen molar-refractivity contribution in [3.05, 3.63) is 64.2 Å². The molecule has 1 aliphatic rings. The maximum absolute atomic E-state index is 13.2. The van der Waals surface area contributed by atoms with Crippen LogP contribution in [0, 0.1) is 0 Å². The fourth-order valence-corrected chi connectivity index (χ4v) is 3.46. The molecule has 2 aromatic carbocycles. The molecule has 0 spiro atoms. The summed E-state index contributed by atoms with van der Waals surface area (Å²) in [5.41, 5.74) is 0.660. The molecule has 0 bridgehead atoms. The minimum absolute atomic E-state index is 0.331. The van der Waals surface area contributed by atoms with Crippen molar-refractivity contribution in [2.45, 2.75) is 12.2 Å². The Balaban J connectivity index is 2.07. The predicted octanol–water partition coefficient (Wildman–Crippen LogP) is 4.36. The smallest absolute Gasteiger partial charge is 0.416 e. The second-order valence-corrected chi connectivity index (χ2v) is 6.60. The van der Waals surface area contributed by atoms with E-state index in [1.165, 1.54) is 12.1 Å². The zero-order chi connectivity index (χ0) is 18.7. The van der Waals surface area contributed by atoms with E-state index in [0.717, 1.165) is 37.8 Å².